The number of H-pyrrole nitrogens is 3. The Bertz CT molecular complexity index is 3590. The first-order valence-electron chi connectivity index (χ1n) is 22.0. The Balaban J connectivity index is 0.000000137. The van der Waals surface area contributed by atoms with E-state index in [0.29, 0.717) is 73.9 Å². The smallest absolute Gasteiger partial charge is 0.294 e. The van der Waals surface area contributed by atoms with Gasteiger partial charge in [0.25, 0.3) is 31.1 Å². The van der Waals surface area contributed by atoms with E-state index in [1.807, 2.05) is 6.07 Å². The number of nitrogen functional groups attached to an aromatic ring is 1. The Hall–Kier alpha value is -9.60. The molecule has 7 N–H and O–H groups in total. The van der Waals surface area contributed by atoms with E-state index in [9.17, 15) is 35.9 Å². The number of fused-ring (bicyclic) bond motifs is 3. The number of halogens is 6. The average molecular weight is 995 g/mol. The lowest BCUT2D eigenvalue weighted by molar-refractivity contribution is 0.100. The molecule has 0 atom stereocenters. The number of alkyl halides is 6. The van der Waals surface area contributed by atoms with E-state index in [4.69, 9.17) is 5.73 Å². The summed E-state index contributed by atoms with van der Waals surface area (Å²) >= 11 is 0. The molecule has 368 valence electrons. The number of amides is 2. The molecule has 8 aromatic heterocycles. The van der Waals surface area contributed by atoms with E-state index in [1.165, 1.54) is 41.7 Å². The number of imidazole rings is 1. The van der Waals surface area contributed by atoms with Gasteiger partial charge in [0.05, 0.1) is 12.5 Å². The molecule has 3 aromatic carbocycles. The maximum atomic E-state index is 13.3. The molecule has 0 fully saturated rings. The number of aryl methyl sites for hydroxylation is 2. The van der Waals surface area contributed by atoms with Gasteiger partial charge in [-0.25, -0.2) is 55.9 Å². The number of hydrogen-bond acceptors (Lipinski definition) is 9. The number of aromatic nitrogens is 11. The zero-order chi connectivity index (χ0) is 51.3. The van der Waals surface area contributed by atoms with Gasteiger partial charge in [0.2, 0.25) is 5.82 Å². The Morgan fingerprint density at radius 2 is 0.986 bits per heavy atom. The number of aromatic amines is 3. The summed E-state index contributed by atoms with van der Waals surface area (Å²) in [7, 11) is 3.33. The maximum Gasteiger partial charge on any atom is 0.294 e. The number of anilines is 3. The number of carbonyl (C=O) groups is 2. The van der Waals surface area contributed by atoms with Crippen LogP contribution in [0.1, 0.15) is 57.1 Å². The molecule has 0 saturated heterocycles. The van der Waals surface area contributed by atoms with Crippen molar-refractivity contribution in [2.75, 3.05) is 16.4 Å². The van der Waals surface area contributed by atoms with Crippen LogP contribution in [0.4, 0.5) is 43.8 Å². The van der Waals surface area contributed by atoms with Crippen molar-refractivity contribution in [3.05, 3.63) is 174 Å². The summed E-state index contributed by atoms with van der Waals surface area (Å²) in [6.07, 6.45) is -3.40. The minimum Gasteiger partial charge on any atom is -0.384 e. The lowest BCUT2D eigenvalue weighted by atomic mass is 10.1. The fourth-order valence-electron chi connectivity index (χ4n) is 7.83. The van der Waals surface area contributed by atoms with Crippen LogP contribution in [0.25, 0.3) is 66.9 Å². The van der Waals surface area contributed by atoms with Gasteiger partial charge in [-0.2, -0.15) is 5.10 Å². The third-order valence-electron chi connectivity index (χ3n) is 11.4. The van der Waals surface area contributed by atoms with Gasteiger partial charge < -0.3 is 35.9 Å². The lowest BCUT2D eigenvalue weighted by Gasteiger charge is -2.06. The predicted octanol–water partition coefficient (Wildman–Crippen LogP) is 11.5. The monoisotopic (exact) mass is 994 g/mol. The number of nitrogens with zero attached hydrogens (tertiary/aromatic N) is 8. The largest absolute Gasteiger partial charge is 0.384 e. The van der Waals surface area contributed by atoms with Crippen molar-refractivity contribution in [1.29, 1.82) is 0 Å². The predicted molar refractivity (Wildman–Crippen MR) is 264 cm³/mol. The quantitative estimate of drug-likeness (QED) is 0.0717. The maximum absolute atomic E-state index is 13.3. The fourth-order valence-corrected chi connectivity index (χ4v) is 7.83. The van der Waals surface area contributed by atoms with Crippen molar-refractivity contribution in [2.24, 2.45) is 14.1 Å². The van der Waals surface area contributed by atoms with Crippen molar-refractivity contribution in [2.45, 2.75) is 19.3 Å². The van der Waals surface area contributed by atoms with E-state index < -0.39 is 25.2 Å². The average Bonchev–Trinajstić information content (AvgIpc) is 4.25. The second-order valence-electron chi connectivity index (χ2n) is 16.2. The van der Waals surface area contributed by atoms with Gasteiger partial charge >= 0.3 is 0 Å². The summed E-state index contributed by atoms with van der Waals surface area (Å²) in [5, 5.41) is 11.5. The van der Waals surface area contributed by atoms with Gasteiger partial charge in [-0.05, 0) is 54.6 Å². The first-order valence-corrected chi connectivity index (χ1v) is 22.0. The molecule has 0 aliphatic rings. The molecular weight excluding hydrogens is 955 g/mol. The third-order valence-corrected chi connectivity index (χ3v) is 11.4. The molecule has 0 aliphatic carbocycles. The van der Waals surface area contributed by atoms with Crippen molar-refractivity contribution < 1.29 is 35.9 Å². The molecule has 0 aliphatic heterocycles. The summed E-state index contributed by atoms with van der Waals surface area (Å²) < 4.78 is 81.9. The van der Waals surface area contributed by atoms with Crippen LogP contribution < -0.4 is 16.4 Å². The number of nitrogens with one attached hydrogen (secondary N) is 5. The SMILES string of the molecule is Cn1cncc1C(=O)Nc1ccc2cc(-c3ccccc3C(F)F)[nH]c2n1.Cn1ncnc1C(=O)Nc1ccc2cc(-c3ccccc3C(F)F)[nH]c2n1.Nc1ccc2cc(-c3ccccc3C(F)F)[nH]c2n1. The zero-order valence-corrected chi connectivity index (χ0v) is 38.3. The summed E-state index contributed by atoms with van der Waals surface area (Å²) in [5.41, 5.74) is 10.5. The number of carbonyl (C=O) groups excluding carboxylic acids is 2. The van der Waals surface area contributed by atoms with Gasteiger partial charge in [0, 0.05) is 80.7 Å². The molecular formula is C51H40F6N14O2. The van der Waals surface area contributed by atoms with Crippen LogP contribution in [-0.4, -0.2) is 66.0 Å². The van der Waals surface area contributed by atoms with Gasteiger partial charge in [0.15, 0.2) is 0 Å². The second kappa shape index (κ2) is 20.8. The van der Waals surface area contributed by atoms with Crippen molar-refractivity contribution >= 4 is 62.4 Å². The van der Waals surface area contributed by atoms with Crippen molar-refractivity contribution in [3.8, 4) is 33.8 Å². The highest BCUT2D eigenvalue weighted by molar-refractivity contribution is 6.03. The molecule has 0 unspecified atom stereocenters. The van der Waals surface area contributed by atoms with Crippen LogP contribution in [0.2, 0.25) is 0 Å². The number of nitrogens with two attached hydrogens (primary N) is 1. The summed E-state index contributed by atoms with van der Waals surface area (Å²) in [5.74, 6) is 0.418. The molecule has 11 rings (SSSR count). The van der Waals surface area contributed by atoms with E-state index >= 15 is 0 Å². The molecule has 0 saturated carbocycles. The van der Waals surface area contributed by atoms with Crippen LogP contribution >= 0.6 is 0 Å². The van der Waals surface area contributed by atoms with Crippen molar-refractivity contribution in [3.63, 3.8) is 0 Å². The minimum absolute atomic E-state index is 0.00188. The van der Waals surface area contributed by atoms with Gasteiger partial charge in [-0.3, -0.25) is 9.59 Å². The van der Waals surface area contributed by atoms with Gasteiger partial charge in [-0.15, -0.1) is 0 Å². The van der Waals surface area contributed by atoms with Crippen LogP contribution in [0, 0.1) is 0 Å². The highest BCUT2D eigenvalue weighted by Crippen LogP contribution is 2.35. The van der Waals surface area contributed by atoms with Crippen LogP contribution in [0.3, 0.4) is 0 Å². The first-order chi connectivity index (χ1) is 35.2. The van der Waals surface area contributed by atoms with E-state index in [0.717, 1.165) is 16.2 Å². The summed E-state index contributed by atoms with van der Waals surface area (Å²) in [6.45, 7) is 0. The second-order valence-corrected chi connectivity index (χ2v) is 16.2. The number of rotatable bonds is 10. The third kappa shape index (κ3) is 10.6. The van der Waals surface area contributed by atoms with Gasteiger partial charge in [-0.1, -0.05) is 72.8 Å². The van der Waals surface area contributed by atoms with Crippen LogP contribution in [0.5, 0.6) is 0 Å². The Morgan fingerprint density at radius 1 is 0.562 bits per heavy atom. The number of pyridine rings is 3. The molecule has 22 heteroatoms. The Labute approximate surface area is 409 Å². The number of hydrogen-bond donors (Lipinski definition) is 6. The molecule has 11 aromatic rings. The van der Waals surface area contributed by atoms with Crippen LogP contribution in [0.15, 0.2) is 146 Å². The van der Waals surface area contributed by atoms with Crippen molar-refractivity contribution in [1.82, 2.24) is 54.2 Å². The molecule has 8 heterocycles. The van der Waals surface area contributed by atoms with E-state index in [2.05, 4.69) is 55.6 Å². The zero-order valence-electron chi connectivity index (χ0n) is 38.3. The molecule has 0 bridgehead atoms. The fraction of sp³-hybridized carbons (Fsp3) is 0.0980. The Kier molecular flexibility index (Phi) is 13.8. The molecule has 16 nitrogen and oxygen atoms in total. The van der Waals surface area contributed by atoms with Gasteiger partial charge in [0.1, 0.15) is 46.4 Å². The normalized spacial score (nSPS) is 11.3. The Morgan fingerprint density at radius 3 is 1.40 bits per heavy atom. The topological polar surface area (TPSA) is 219 Å². The number of benzene rings is 3. The summed E-state index contributed by atoms with van der Waals surface area (Å²) in [6, 6.07) is 34.6. The van der Waals surface area contributed by atoms with E-state index in [-0.39, 0.29) is 28.4 Å². The van der Waals surface area contributed by atoms with Crippen LogP contribution in [-0.2, 0) is 14.1 Å². The van der Waals surface area contributed by atoms with E-state index in [1.54, 1.807) is 122 Å². The molecule has 0 spiro atoms. The highest BCUT2D eigenvalue weighted by Gasteiger charge is 2.20. The molecule has 73 heavy (non-hydrogen) atoms. The molecule has 0 radical (unpaired) electrons. The highest BCUT2D eigenvalue weighted by atomic mass is 19.3. The first kappa shape index (κ1) is 48.4. The minimum atomic E-state index is -2.58. The standard InChI is InChI=1S/C19H15F2N5O.C18H14F2N6O.C14H11F2N3/c1-26-10-22-9-15(26)19(27)25-16-7-6-11-8-14(23-18(11)24-16)12-4-2-3-5-13(12)17(20)21;1-26-17(21-9-22-26)18(27)25-14-7-6-10-8-13(23-16(10)24-14)11-4-2-3-5-12(11)15(19)20;15-13(16)10-4-2-1-3-9(10)11-7-8-5-6-12(17)19-14(8)18-11/h2-10,17H,1H3,(H2,23,24,25,27);2-9,15H,1H3,(H2,23,24,25,27);1-7,13H,(H3,17,18,19). The lowest BCUT2D eigenvalue weighted by Crippen LogP contribution is -2.18. The molecule has 2 amide bonds. The summed E-state index contributed by atoms with van der Waals surface area (Å²) in [4.78, 5) is 54.2.